The van der Waals surface area contributed by atoms with E-state index in [9.17, 15) is 14.7 Å². The van der Waals surface area contributed by atoms with Gasteiger partial charge in [0.05, 0.1) is 9.89 Å². The molecule has 3 N–H and O–H groups in total. The van der Waals surface area contributed by atoms with E-state index in [0.717, 1.165) is 19.6 Å². The zero-order chi connectivity index (χ0) is 19.0. The molecule has 1 aliphatic heterocycles. The molecule has 0 unspecified atom stereocenters. The highest BCUT2D eigenvalue weighted by atomic mass is 79.9. The van der Waals surface area contributed by atoms with Crippen LogP contribution in [0.5, 0.6) is 0 Å². The van der Waals surface area contributed by atoms with Crippen LogP contribution in [-0.4, -0.2) is 52.0 Å². The van der Waals surface area contributed by atoms with Crippen molar-refractivity contribution in [2.24, 2.45) is 0 Å². The number of amides is 2. The van der Waals surface area contributed by atoms with E-state index in [1.165, 1.54) is 11.3 Å². The van der Waals surface area contributed by atoms with Crippen molar-refractivity contribution in [3.8, 4) is 0 Å². The van der Waals surface area contributed by atoms with E-state index in [1.54, 1.807) is 11.0 Å². The van der Waals surface area contributed by atoms with Gasteiger partial charge in [-0.3, -0.25) is 9.59 Å². The number of aromatic nitrogens is 1. The number of aliphatic hydroxyl groups excluding tert-OH is 1. The number of fused-ring (bicyclic) bond motifs is 1. The second kappa shape index (κ2) is 7.46. The number of H-pyrrole nitrogens is 1. The molecule has 3 aromatic rings. The van der Waals surface area contributed by atoms with Crippen molar-refractivity contribution in [3.63, 3.8) is 0 Å². The summed E-state index contributed by atoms with van der Waals surface area (Å²) in [6, 6.07) is 12.6. The van der Waals surface area contributed by atoms with E-state index < -0.39 is 12.1 Å². The number of aromatic amines is 1. The number of hydrogen-bond donors (Lipinski definition) is 3. The van der Waals surface area contributed by atoms with Gasteiger partial charge in [-0.25, -0.2) is 0 Å². The monoisotopic (exact) mass is 447 g/mol. The molecule has 1 aliphatic rings. The van der Waals surface area contributed by atoms with Gasteiger partial charge in [-0.15, -0.1) is 11.3 Å². The van der Waals surface area contributed by atoms with Gasteiger partial charge in [0, 0.05) is 24.9 Å². The summed E-state index contributed by atoms with van der Waals surface area (Å²) in [5, 5.41) is 13.3. The maximum atomic E-state index is 12.8. The second-order valence-corrected chi connectivity index (χ2v) is 9.06. The normalized spacial score (nSPS) is 15.6. The third kappa shape index (κ3) is 3.92. The molecule has 27 heavy (non-hydrogen) atoms. The summed E-state index contributed by atoms with van der Waals surface area (Å²) in [5.41, 5.74) is 1.40. The van der Waals surface area contributed by atoms with E-state index >= 15 is 0 Å². The van der Waals surface area contributed by atoms with Crippen molar-refractivity contribution < 1.29 is 14.7 Å². The molecule has 2 aromatic heterocycles. The summed E-state index contributed by atoms with van der Waals surface area (Å²) in [4.78, 5) is 31.1. The van der Waals surface area contributed by atoms with Gasteiger partial charge in [0.15, 0.2) is 0 Å². The van der Waals surface area contributed by atoms with Crippen molar-refractivity contribution in [2.45, 2.75) is 18.6 Å². The Morgan fingerprint density at radius 1 is 1.30 bits per heavy atom. The predicted molar refractivity (Wildman–Crippen MR) is 108 cm³/mol. The first kappa shape index (κ1) is 18.2. The van der Waals surface area contributed by atoms with E-state index in [-0.39, 0.29) is 11.8 Å². The van der Waals surface area contributed by atoms with Gasteiger partial charge in [-0.1, -0.05) is 30.3 Å². The number of hydrogen-bond acceptors (Lipinski definition) is 4. The van der Waals surface area contributed by atoms with Gasteiger partial charge in [0.25, 0.3) is 5.91 Å². The molecule has 8 heteroatoms. The Morgan fingerprint density at radius 3 is 2.70 bits per heavy atom. The van der Waals surface area contributed by atoms with Crippen molar-refractivity contribution in [2.75, 3.05) is 13.1 Å². The van der Waals surface area contributed by atoms with E-state index in [4.69, 9.17) is 0 Å². The van der Waals surface area contributed by atoms with E-state index in [1.807, 2.05) is 36.4 Å². The van der Waals surface area contributed by atoms with Crippen LogP contribution in [-0.2, 0) is 11.2 Å². The fraction of sp³-hybridized carbons (Fsp3) is 0.263. The van der Waals surface area contributed by atoms with Crippen molar-refractivity contribution in [1.82, 2.24) is 15.2 Å². The first-order valence-electron chi connectivity index (χ1n) is 8.59. The lowest BCUT2D eigenvalue weighted by atomic mass is 10.0. The lowest BCUT2D eigenvalue weighted by Crippen LogP contribution is -2.59. The highest BCUT2D eigenvalue weighted by Gasteiger charge is 2.34. The molecule has 1 aromatic carbocycles. The van der Waals surface area contributed by atoms with Crippen LogP contribution in [0.2, 0.25) is 0 Å². The number of carbonyl (C=O) groups excluding carboxylic acids is 2. The van der Waals surface area contributed by atoms with Gasteiger partial charge in [0.1, 0.15) is 16.6 Å². The maximum absolute atomic E-state index is 12.8. The zero-order valence-electron chi connectivity index (χ0n) is 14.3. The van der Waals surface area contributed by atoms with E-state index in [0.29, 0.717) is 25.2 Å². The quantitative estimate of drug-likeness (QED) is 0.561. The highest BCUT2D eigenvalue weighted by molar-refractivity contribution is 9.11. The smallest absolute Gasteiger partial charge is 0.268 e. The third-order valence-electron chi connectivity index (χ3n) is 4.58. The van der Waals surface area contributed by atoms with Crippen molar-refractivity contribution in [3.05, 3.63) is 57.5 Å². The number of nitrogens with zero attached hydrogens (tertiary/aromatic N) is 1. The molecule has 0 spiro atoms. The number of likely N-dealkylation sites (tertiary alicyclic amines) is 1. The SMILES string of the molecule is O=C(N[C@@H](Cc1ccccc1)C(=O)N1CC(O)C1)c1cc2cc(Br)sc2[nH]1. The Balaban J connectivity index is 1.52. The summed E-state index contributed by atoms with van der Waals surface area (Å²) in [5.74, 6) is -0.488. The first-order valence-corrected chi connectivity index (χ1v) is 10.2. The molecule has 1 saturated heterocycles. The summed E-state index contributed by atoms with van der Waals surface area (Å²) in [6.45, 7) is 0.624. The van der Waals surface area contributed by atoms with Gasteiger partial charge in [-0.2, -0.15) is 0 Å². The highest BCUT2D eigenvalue weighted by Crippen LogP contribution is 2.29. The van der Waals surface area contributed by atoms with Crippen molar-refractivity contribution in [1.29, 1.82) is 0 Å². The molecule has 6 nitrogen and oxygen atoms in total. The van der Waals surface area contributed by atoms with Crippen LogP contribution >= 0.6 is 27.3 Å². The molecular formula is C19H18BrN3O3S. The lowest BCUT2D eigenvalue weighted by molar-refractivity contribution is -0.143. The minimum Gasteiger partial charge on any atom is -0.389 e. The fourth-order valence-corrected chi connectivity index (χ4v) is 4.67. The minimum absolute atomic E-state index is 0.173. The molecule has 140 valence electrons. The molecule has 1 atom stereocenters. The van der Waals surface area contributed by atoms with Gasteiger partial charge < -0.3 is 20.3 Å². The summed E-state index contributed by atoms with van der Waals surface area (Å²) in [7, 11) is 0. The Hall–Kier alpha value is -2.16. The first-order chi connectivity index (χ1) is 13.0. The number of benzene rings is 1. The Labute approximate surface area is 168 Å². The Kier molecular flexibility index (Phi) is 5.03. The van der Waals surface area contributed by atoms with Gasteiger partial charge >= 0.3 is 0 Å². The number of β-amino-alcohol motifs (C(OH)–C–C–N with tert-alkyl or cyclic N) is 1. The fourth-order valence-electron chi connectivity index (χ4n) is 3.16. The molecular weight excluding hydrogens is 430 g/mol. The minimum atomic E-state index is -0.680. The Morgan fingerprint density at radius 2 is 2.04 bits per heavy atom. The maximum Gasteiger partial charge on any atom is 0.268 e. The summed E-state index contributed by atoms with van der Waals surface area (Å²) in [6.07, 6.45) is -0.0748. The topological polar surface area (TPSA) is 85.4 Å². The van der Waals surface area contributed by atoms with Crippen molar-refractivity contribution >= 4 is 49.3 Å². The molecule has 2 amide bonds. The van der Waals surface area contributed by atoms with Crippen LogP contribution in [0.1, 0.15) is 16.1 Å². The van der Waals surface area contributed by atoms with Gasteiger partial charge in [0.2, 0.25) is 5.91 Å². The largest absolute Gasteiger partial charge is 0.389 e. The predicted octanol–water partition coefficient (Wildman–Crippen LogP) is 2.54. The van der Waals surface area contributed by atoms with Crippen LogP contribution < -0.4 is 5.32 Å². The molecule has 3 heterocycles. The molecule has 1 fully saturated rings. The Bertz CT molecular complexity index is 947. The molecule has 0 radical (unpaired) electrons. The molecule has 0 aliphatic carbocycles. The summed E-state index contributed by atoms with van der Waals surface area (Å²) < 4.78 is 0.990. The number of aliphatic hydroxyl groups is 1. The number of thiophene rings is 1. The summed E-state index contributed by atoms with van der Waals surface area (Å²) >= 11 is 4.94. The molecule has 4 rings (SSSR count). The molecule has 0 bridgehead atoms. The lowest BCUT2D eigenvalue weighted by Gasteiger charge is -2.38. The van der Waals surface area contributed by atoms with E-state index in [2.05, 4.69) is 26.2 Å². The molecule has 0 saturated carbocycles. The average Bonchev–Trinajstić information content (AvgIpc) is 3.16. The second-order valence-electron chi connectivity index (χ2n) is 6.63. The van der Waals surface area contributed by atoms with Gasteiger partial charge in [-0.05, 0) is 33.6 Å². The number of nitrogens with one attached hydrogen (secondary N) is 2. The van der Waals surface area contributed by atoms with Crippen LogP contribution in [0.25, 0.3) is 10.2 Å². The third-order valence-corrected chi connectivity index (χ3v) is 6.15. The van der Waals surface area contributed by atoms with Crippen LogP contribution in [0, 0.1) is 0 Å². The number of carbonyl (C=O) groups is 2. The zero-order valence-corrected chi connectivity index (χ0v) is 16.7. The standard InChI is InChI=1S/C19H18BrN3O3S/c20-16-8-12-7-14(22-18(12)27-16)17(25)21-15(6-11-4-2-1-3-5-11)19(26)23-9-13(24)10-23/h1-5,7-8,13,15,22,24H,6,9-10H2,(H,21,25)/t15-/m0/s1. The van der Waals surface area contributed by atoms with Crippen LogP contribution in [0.15, 0.2) is 46.3 Å². The number of rotatable bonds is 5. The average molecular weight is 448 g/mol. The van der Waals surface area contributed by atoms with Crippen LogP contribution in [0.3, 0.4) is 0 Å². The van der Waals surface area contributed by atoms with Crippen LogP contribution in [0.4, 0.5) is 0 Å². The number of halogens is 1.